The second-order valence-electron chi connectivity index (χ2n) is 6.48. The van der Waals surface area contributed by atoms with Crippen molar-refractivity contribution in [2.75, 3.05) is 4.72 Å². The molecule has 0 saturated carbocycles. The Morgan fingerprint density at radius 3 is 2.28 bits per heavy atom. The van der Waals surface area contributed by atoms with Gasteiger partial charge in [0, 0.05) is 5.39 Å². The maximum absolute atomic E-state index is 12.6. The van der Waals surface area contributed by atoms with Gasteiger partial charge < -0.3 is 4.42 Å². The first-order valence-corrected chi connectivity index (χ1v) is 11.5. The molecule has 0 fully saturated rings. The Bertz CT molecular complexity index is 1480. The van der Waals surface area contributed by atoms with E-state index in [9.17, 15) is 22.8 Å². The molecule has 0 saturated heterocycles. The summed E-state index contributed by atoms with van der Waals surface area (Å²) in [6.07, 6.45) is 0. The first-order valence-electron chi connectivity index (χ1n) is 9.14. The number of hydrazine groups is 1. The number of thiophene rings is 1. The van der Waals surface area contributed by atoms with Gasteiger partial charge in [-0.2, -0.15) is 0 Å². The van der Waals surface area contributed by atoms with Crippen molar-refractivity contribution in [3.8, 4) is 0 Å². The van der Waals surface area contributed by atoms with Gasteiger partial charge in [0.2, 0.25) is 0 Å². The predicted molar refractivity (Wildman–Crippen MR) is 119 cm³/mol. The average molecular weight is 470 g/mol. The number of nitrogens with one attached hydrogen (secondary N) is 3. The van der Waals surface area contributed by atoms with Crippen LogP contribution in [-0.2, 0) is 10.0 Å². The molecule has 0 unspecified atom stereocenters. The molecule has 32 heavy (non-hydrogen) atoms. The highest BCUT2D eigenvalue weighted by Gasteiger charge is 2.20. The molecule has 0 spiro atoms. The van der Waals surface area contributed by atoms with Crippen LogP contribution in [0.3, 0.4) is 0 Å². The van der Waals surface area contributed by atoms with Crippen molar-refractivity contribution in [3.63, 3.8) is 0 Å². The van der Waals surface area contributed by atoms with Crippen molar-refractivity contribution in [1.82, 2.24) is 10.9 Å². The van der Waals surface area contributed by atoms with Gasteiger partial charge in [0.25, 0.3) is 21.8 Å². The number of amides is 2. The van der Waals surface area contributed by atoms with Crippen LogP contribution in [0.15, 0.2) is 85.5 Å². The summed E-state index contributed by atoms with van der Waals surface area (Å²) in [5, 5.41) is 2.16. The number of para-hydroxylation sites is 2. The number of hydrogen-bond donors (Lipinski definition) is 3. The first-order chi connectivity index (χ1) is 15.3. The van der Waals surface area contributed by atoms with E-state index in [1.807, 2.05) is 0 Å². The van der Waals surface area contributed by atoms with E-state index in [2.05, 4.69) is 15.6 Å². The molecular weight excluding hydrogens is 454 g/mol. The summed E-state index contributed by atoms with van der Waals surface area (Å²) in [5.74, 6) is -1.66. The molecule has 11 heteroatoms. The Hall–Kier alpha value is -3.96. The third kappa shape index (κ3) is 4.38. The van der Waals surface area contributed by atoms with Crippen LogP contribution in [0.4, 0.5) is 5.69 Å². The minimum absolute atomic E-state index is 0.0258. The molecule has 3 N–H and O–H groups in total. The smallest absolute Gasteiger partial charge is 0.349 e. The lowest BCUT2D eigenvalue weighted by Gasteiger charge is -2.12. The van der Waals surface area contributed by atoms with Gasteiger partial charge in [-0.15, -0.1) is 11.3 Å². The number of hydrogen-bond acceptors (Lipinski definition) is 7. The zero-order valence-corrected chi connectivity index (χ0v) is 17.8. The second-order valence-corrected chi connectivity index (χ2v) is 9.33. The van der Waals surface area contributed by atoms with Crippen molar-refractivity contribution in [1.29, 1.82) is 0 Å². The minimum Gasteiger partial charge on any atom is -0.422 e. The van der Waals surface area contributed by atoms with Crippen molar-refractivity contribution in [3.05, 3.63) is 93.7 Å². The molecule has 0 aliphatic heterocycles. The van der Waals surface area contributed by atoms with E-state index in [1.54, 1.807) is 41.8 Å². The van der Waals surface area contributed by atoms with Gasteiger partial charge in [-0.1, -0.05) is 36.4 Å². The Balaban J connectivity index is 1.51. The number of fused-ring (bicyclic) bond motifs is 1. The highest BCUT2D eigenvalue weighted by atomic mass is 32.2. The highest BCUT2D eigenvalue weighted by Crippen LogP contribution is 2.22. The summed E-state index contributed by atoms with van der Waals surface area (Å²) >= 11 is 1.03. The molecular formula is C21H15N3O6S2. The second kappa shape index (κ2) is 8.65. The fourth-order valence-electron chi connectivity index (χ4n) is 2.85. The molecule has 0 radical (unpaired) electrons. The lowest BCUT2D eigenvalue weighted by molar-refractivity contribution is 0.0845. The molecule has 0 bridgehead atoms. The monoisotopic (exact) mass is 469 g/mol. The van der Waals surface area contributed by atoms with E-state index in [-0.39, 0.29) is 21.0 Å². The maximum atomic E-state index is 12.6. The van der Waals surface area contributed by atoms with Crippen LogP contribution >= 0.6 is 11.3 Å². The average Bonchev–Trinajstić information content (AvgIpc) is 3.33. The fourth-order valence-corrected chi connectivity index (χ4v) is 4.92. The summed E-state index contributed by atoms with van der Waals surface area (Å²) in [5.41, 5.74) is 3.49. The fraction of sp³-hybridized carbons (Fsp3) is 0. The molecule has 2 aromatic carbocycles. The van der Waals surface area contributed by atoms with E-state index in [4.69, 9.17) is 4.42 Å². The third-order valence-corrected chi connectivity index (χ3v) is 7.11. The zero-order chi connectivity index (χ0) is 22.7. The van der Waals surface area contributed by atoms with Gasteiger partial charge in [0.05, 0.1) is 11.3 Å². The molecule has 4 aromatic rings. The Morgan fingerprint density at radius 2 is 1.53 bits per heavy atom. The predicted octanol–water partition coefficient (Wildman–Crippen LogP) is 2.73. The molecule has 2 amide bonds. The Morgan fingerprint density at radius 1 is 0.844 bits per heavy atom. The van der Waals surface area contributed by atoms with Crippen LogP contribution in [0.2, 0.25) is 0 Å². The lowest BCUT2D eigenvalue weighted by atomic mass is 10.1. The number of sulfonamides is 1. The maximum Gasteiger partial charge on any atom is 0.349 e. The van der Waals surface area contributed by atoms with E-state index in [0.29, 0.717) is 11.0 Å². The third-order valence-electron chi connectivity index (χ3n) is 4.35. The lowest BCUT2D eigenvalue weighted by Crippen LogP contribution is -2.43. The Kier molecular flexibility index (Phi) is 5.75. The van der Waals surface area contributed by atoms with Gasteiger partial charge in [0.15, 0.2) is 0 Å². The number of carbonyl (C=O) groups excluding carboxylic acids is 2. The summed E-state index contributed by atoms with van der Waals surface area (Å²) in [6.45, 7) is 0. The SMILES string of the molecule is O=C(NNC(=O)c1cc2ccccc2oc1=O)c1ccccc1NS(=O)(=O)c1cccs1. The minimum atomic E-state index is -3.88. The largest absolute Gasteiger partial charge is 0.422 e. The normalized spacial score (nSPS) is 11.1. The summed E-state index contributed by atoms with van der Waals surface area (Å²) < 4.78 is 32.5. The van der Waals surface area contributed by atoms with Crippen molar-refractivity contribution >= 4 is 49.8 Å². The summed E-state index contributed by atoms with van der Waals surface area (Å²) in [6, 6.07) is 17.0. The number of benzene rings is 2. The van der Waals surface area contributed by atoms with Gasteiger partial charge in [-0.05, 0) is 35.7 Å². The van der Waals surface area contributed by atoms with Gasteiger partial charge in [-0.25, -0.2) is 13.2 Å². The van der Waals surface area contributed by atoms with Crippen LogP contribution < -0.4 is 21.2 Å². The molecule has 2 aromatic heterocycles. The highest BCUT2D eigenvalue weighted by molar-refractivity contribution is 7.94. The topological polar surface area (TPSA) is 135 Å². The molecule has 0 aliphatic rings. The molecule has 9 nitrogen and oxygen atoms in total. The van der Waals surface area contributed by atoms with Crippen LogP contribution in [0.5, 0.6) is 0 Å². The standard InChI is InChI=1S/C21H15N3O6S2/c25-19(14-7-2-3-8-16(14)24-32(28,29)18-10-5-11-31-18)22-23-20(26)15-12-13-6-1-4-9-17(13)30-21(15)27/h1-12,24H,(H,22,25)(H,23,26). The van der Waals surface area contributed by atoms with Crippen molar-refractivity contribution < 1.29 is 22.4 Å². The van der Waals surface area contributed by atoms with E-state index >= 15 is 0 Å². The number of anilines is 1. The summed E-state index contributed by atoms with van der Waals surface area (Å²) in [4.78, 5) is 37.1. The van der Waals surface area contributed by atoms with Gasteiger partial charge in [-0.3, -0.25) is 25.2 Å². The Labute approximate surface area is 185 Å². The van der Waals surface area contributed by atoms with E-state index < -0.39 is 27.5 Å². The first kappa shape index (κ1) is 21.3. The molecule has 4 rings (SSSR count). The summed E-state index contributed by atoms with van der Waals surface area (Å²) in [7, 11) is -3.88. The zero-order valence-electron chi connectivity index (χ0n) is 16.2. The van der Waals surface area contributed by atoms with Crippen molar-refractivity contribution in [2.45, 2.75) is 4.21 Å². The van der Waals surface area contributed by atoms with Gasteiger partial charge in [0.1, 0.15) is 15.4 Å². The van der Waals surface area contributed by atoms with Crippen LogP contribution in [0, 0.1) is 0 Å². The van der Waals surface area contributed by atoms with E-state index in [1.165, 1.54) is 30.3 Å². The molecule has 162 valence electrons. The molecule has 2 heterocycles. The van der Waals surface area contributed by atoms with Crippen LogP contribution in [0.25, 0.3) is 11.0 Å². The number of rotatable bonds is 5. The molecule has 0 aliphatic carbocycles. The van der Waals surface area contributed by atoms with Gasteiger partial charge >= 0.3 is 5.63 Å². The molecule has 0 atom stereocenters. The van der Waals surface area contributed by atoms with E-state index in [0.717, 1.165) is 11.3 Å². The van der Waals surface area contributed by atoms with Crippen LogP contribution in [-0.4, -0.2) is 20.2 Å². The van der Waals surface area contributed by atoms with Crippen molar-refractivity contribution in [2.24, 2.45) is 0 Å². The van der Waals surface area contributed by atoms with Crippen LogP contribution in [0.1, 0.15) is 20.7 Å². The number of carbonyl (C=O) groups is 2. The quantitative estimate of drug-likeness (QED) is 0.304.